The van der Waals surface area contributed by atoms with Crippen molar-refractivity contribution in [3.63, 3.8) is 0 Å². The summed E-state index contributed by atoms with van der Waals surface area (Å²) in [6, 6.07) is 19.4. The van der Waals surface area contributed by atoms with Crippen molar-refractivity contribution in [3.05, 3.63) is 71.9 Å². The molecule has 2 N–H and O–H groups in total. The van der Waals surface area contributed by atoms with Gasteiger partial charge < -0.3 is 10.3 Å². The quantitative estimate of drug-likeness (QED) is 0.649. The fourth-order valence-corrected chi connectivity index (χ4v) is 2.51. The van der Waals surface area contributed by atoms with E-state index in [4.69, 9.17) is 0 Å². The number of H-pyrrole nitrogens is 1. The molecule has 3 aromatic rings. The van der Waals surface area contributed by atoms with E-state index < -0.39 is 0 Å². The summed E-state index contributed by atoms with van der Waals surface area (Å²) in [5.41, 5.74) is 3.97. The minimum absolute atomic E-state index is 0.940. The first kappa shape index (κ1) is 12.9. The molecule has 2 aromatic carbocycles. The van der Waals surface area contributed by atoms with Crippen LogP contribution in [0.2, 0.25) is 0 Å². The normalized spacial score (nSPS) is 11.0. The van der Waals surface area contributed by atoms with E-state index in [-0.39, 0.29) is 0 Å². The van der Waals surface area contributed by atoms with Gasteiger partial charge in [-0.3, -0.25) is 0 Å². The van der Waals surface area contributed by atoms with Crippen molar-refractivity contribution in [2.24, 2.45) is 0 Å². The molecule has 0 atom stereocenters. The van der Waals surface area contributed by atoms with E-state index in [2.05, 4.69) is 64.9 Å². The Morgan fingerprint density at radius 1 is 0.900 bits per heavy atom. The summed E-state index contributed by atoms with van der Waals surface area (Å²) < 4.78 is 0. The predicted molar refractivity (Wildman–Crippen MR) is 84.8 cm³/mol. The molecule has 2 nitrogen and oxygen atoms in total. The summed E-state index contributed by atoms with van der Waals surface area (Å²) in [5, 5.41) is 4.80. The molecule has 0 unspecified atom stereocenters. The van der Waals surface area contributed by atoms with Crippen LogP contribution in [-0.4, -0.2) is 11.5 Å². The molecule has 0 amide bonds. The molecular formula is C18H20N2. The van der Waals surface area contributed by atoms with Gasteiger partial charge in [0.15, 0.2) is 0 Å². The highest BCUT2D eigenvalue weighted by atomic mass is 14.8. The molecule has 0 radical (unpaired) electrons. The smallest absolute Gasteiger partial charge is 0.0454 e. The molecule has 1 aromatic heterocycles. The number of hydrogen-bond donors (Lipinski definition) is 2. The molecule has 1 heterocycles. The lowest BCUT2D eigenvalue weighted by Crippen LogP contribution is -2.15. The van der Waals surface area contributed by atoms with Gasteiger partial charge in [-0.2, -0.15) is 0 Å². The Bertz CT molecular complexity index is 655. The summed E-state index contributed by atoms with van der Waals surface area (Å²) in [6.07, 6.45) is 4.31. The minimum atomic E-state index is 0.940. The minimum Gasteiger partial charge on any atom is -0.361 e. The summed E-state index contributed by atoms with van der Waals surface area (Å²) in [4.78, 5) is 3.22. The number of benzene rings is 2. The summed E-state index contributed by atoms with van der Waals surface area (Å²) >= 11 is 0. The Hall–Kier alpha value is -2.06. The maximum absolute atomic E-state index is 3.52. The molecule has 102 valence electrons. The molecule has 0 saturated carbocycles. The van der Waals surface area contributed by atoms with Gasteiger partial charge in [0.1, 0.15) is 0 Å². The fourth-order valence-electron chi connectivity index (χ4n) is 2.51. The molecule has 3 rings (SSSR count). The molecule has 0 aliphatic rings. The Kier molecular flexibility index (Phi) is 4.14. The van der Waals surface area contributed by atoms with Crippen molar-refractivity contribution in [3.8, 4) is 0 Å². The van der Waals surface area contributed by atoms with Crippen molar-refractivity contribution in [1.82, 2.24) is 10.3 Å². The van der Waals surface area contributed by atoms with Crippen molar-refractivity contribution in [2.45, 2.75) is 19.4 Å². The first-order valence-corrected chi connectivity index (χ1v) is 7.22. The molecule has 0 saturated heterocycles. The number of aromatic nitrogens is 1. The molecule has 0 aliphatic carbocycles. The zero-order chi connectivity index (χ0) is 13.6. The molecule has 0 bridgehead atoms. The monoisotopic (exact) mass is 264 g/mol. The van der Waals surface area contributed by atoms with Crippen LogP contribution in [0, 0.1) is 0 Å². The maximum Gasteiger partial charge on any atom is 0.0454 e. The van der Waals surface area contributed by atoms with Crippen molar-refractivity contribution < 1.29 is 0 Å². The van der Waals surface area contributed by atoms with Crippen LogP contribution in [0.4, 0.5) is 0 Å². The first-order chi connectivity index (χ1) is 9.92. The molecule has 0 fully saturated rings. The molecule has 0 aliphatic heterocycles. The number of aryl methyl sites for hydroxylation is 1. The Labute approximate surface area is 119 Å². The summed E-state index contributed by atoms with van der Waals surface area (Å²) in [7, 11) is 0. The lowest BCUT2D eigenvalue weighted by atomic mass is 10.1. The number of hydrogen-bond acceptors (Lipinski definition) is 1. The average molecular weight is 264 g/mol. The van der Waals surface area contributed by atoms with Crippen LogP contribution in [0.15, 0.2) is 60.8 Å². The topological polar surface area (TPSA) is 27.8 Å². The molecule has 2 heteroatoms. The maximum atomic E-state index is 3.52. The standard InChI is InChI=1S/C18H20N2/c1-2-5-15(6-3-1)7-4-11-19-14-16-8-9-18-17(13-16)10-12-20-18/h1-3,5-6,8-10,12-13,19-20H,4,7,11,14H2. The molecule has 0 spiro atoms. The highest BCUT2D eigenvalue weighted by molar-refractivity contribution is 5.79. The Morgan fingerprint density at radius 3 is 2.70 bits per heavy atom. The van der Waals surface area contributed by atoms with Gasteiger partial charge in [0.2, 0.25) is 0 Å². The van der Waals surface area contributed by atoms with Gasteiger partial charge in [-0.15, -0.1) is 0 Å². The second-order valence-electron chi connectivity index (χ2n) is 5.17. The Balaban J connectivity index is 1.43. The van der Waals surface area contributed by atoms with Crippen molar-refractivity contribution >= 4 is 10.9 Å². The van der Waals surface area contributed by atoms with Crippen molar-refractivity contribution in [1.29, 1.82) is 0 Å². The number of aromatic amines is 1. The largest absolute Gasteiger partial charge is 0.361 e. The van der Waals surface area contributed by atoms with Crippen LogP contribution in [-0.2, 0) is 13.0 Å². The summed E-state index contributed by atoms with van der Waals surface area (Å²) in [5.74, 6) is 0. The van der Waals surface area contributed by atoms with E-state index in [0.717, 1.165) is 19.5 Å². The van der Waals surface area contributed by atoms with Gasteiger partial charge >= 0.3 is 0 Å². The highest BCUT2D eigenvalue weighted by Crippen LogP contribution is 2.14. The van der Waals surface area contributed by atoms with E-state index in [0.29, 0.717) is 0 Å². The molecular weight excluding hydrogens is 244 g/mol. The third-order valence-corrected chi connectivity index (χ3v) is 3.61. The van der Waals surface area contributed by atoms with Crippen LogP contribution in [0.5, 0.6) is 0 Å². The van der Waals surface area contributed by atoms with Gasteiger partial charge in [0.25, 0.3) is 0 Å². The average Bonchev–Trinajstić information content (AvgIpc) is 2.95. The third kappa shape index (κ3) is 3.28. The second kappa shape index (κ2) is 6.40. The predicted octanol–water partition coefficient (Wildman–Crippen LogP) is 3.89. The number of nitrogens with one attached hydrogen (secondary N) is 2. The SMILES string of the molecule is c1ccc(CCCNCc2ccc3[nH]ccc3c2)cc1. The summed E-state index contributed by atoms with van der Waals surface area (Å²) in [6.45, 7) is 2.00. The van der Waals surface area contributed by atoms with Crippen LogP contribution in [0.3, 0.4) is 0 Å². The van der Waals surface area contributed by atoms with E-state index in [1.165, 1.54) is 28.5 Å². The zero-order valence-electron chi connectivity index (χ0n) is 11.6. The van der Waals surface area contributed by atoms with Crippen LogP contribution in [0.25, 0.3) is 10.9 Å². The highest BCUT2D eigenvalue weighted by Gasteiger charge is 1.97. The van der Waals surface area contributed by atoms with E-state index >= 15 is 0 Å². The third-order valence-electron chi connectivity index (χ3n) is 3.61. The van der Waals surface area contributed by atoms with Gasteiger partial charge in [-0.1, -0.05) is 36.4 Å². The van der Waals surface area contributed by atoms with Gasteiger partial charge in [-0.25, -0.2) is 0 Å². The van der Waals surface area contributed by atoms with E-state index in [1.807, 2.05) is 6.20 Å². The van der Waals surface area contributed by atoms with Crippen molar-refractivity contribution in [2.75, 3.05) is 6.54 Å². The second-order valence-corrected chi connectivity index (χ2v) is 5.17. The fraction of sp³-hybridized carbons (Fsp3) is 0.222. The zero-order valence-corrected chi connectivity index (χ0v) is 11.6. The Morgan fingerprint density at radius 2 is 1.80 bits per heavy atom. The van der Waals surface area contributed by atoms with Gasteiger partial charge in [-0.05, 0) is 54.1 Å². The lowest BCUT2D eigenvalue weighted by Gasteiger charge is -2.05. The van der Waals surface area contributed by atoms with Crippen LogP contribution >= 0.6 is 0 Å². The van der Waals surface area contributed by atoms with Crippen LogP contribution < -0.4 is 5.32 Å². The first-order valence-electron chi connectivity index (χ1n) is 7.22. The molecule has 20 heavy (non-hydrogen) atoms. The number of fused-ring (bicyclic) bond motifs is 1. The van der Waals surface area contributed by atoms with Gasteiger partial charge in [0, 0.05) is 18.3 Å². The lowest BCUT2D eigenvalue weighted by molar-refractivity contribution is 0.650. The van der Waals surface area contributed by atoms with E-state index in [9.17, 15) is 0 Å². The number of rotatable bonds is 6. The van der Waals surface area contributed by atoms with E-state index in [1.54, 1.807) is 0 Å². The van der Waals surface area contributed by atoms with Gasteiger partial charge in [0.05, 0.1) is 0 Å². The van der Waals surface area contributed by atoms with Crippen LogP contribution in [0.1, 0.15) is 17.5 Å².